The second-order valence-corrected chi connectivity index (χ2v) is 6.13. The zero-order valence-electron chi connectivity index (χ0n) is 14.0. The Bertz CT molecular complexity index is 917. The van der Waals surface area contributed by atoms with Gasteiger partial charge < -0.3 is 10.2 Å². The maximum atomic E-state index is 12.9. The number of benzene rings is 2. The fraction of sp³-hybridized carbons (Fsp3) is 0.211. The number of hydrogen-bond donors (Lipinski definition) is 1. The molecule has 2 amide bonds. The highest BCUT2D eigenvalue weighted by Crippen LogP contribution is 2.33. The lowest BCUT2D eigenvalue weighted by molar-refractivity contribution is -0.137. The largest absolute Gasteiger partial charge is 0.416 e. The number of rotatable bonds is 3. The first-order valence-electron chi connectivity index (χ1n) is 8.06. The van der Waals surface area contributed by atoms with Crippen molar-refractivity contribution in [3.8, 4) is 6.07 Å². The summed E-state index contributed by atoms with van der Waals surface area (Å²) in [5, 5.41) is 11.4. The molecule has 27 heavy (non-hydrogen) atoms. The van der Waals surface area contributed by atoms with Gasteiger partial charge in [-0.3, -0.25) is 9.59 Å². The van der Waals surface area contributed by atoms with Gasteiger partial charge in [0.1, 0.15) is 0 Å². The topological polar surface area (TPSA) is 73.2 Å². The molecule has 2 aromatic rings. The third kappa shape index (κ3) is 4.08. The van der Waals surface area contributed by atoms with E-state index >= 15 is 0 Å². The molecule has 1 N–H and O–H groups in total. The van der Waals surface area contributed by atoms with Crippen molar-refractivity contribution in [3.63, 3.8) is 0 Å². The van der Waals surface area contributed by atoms with Gasteiger partial charge >= 0.3 is 6.18 Å². The fourth-order valence-corrected chi connectivity index (χ4v) is 2.86. The minimum atomic E-state index is -4.51. The zero-order valence-corrected chi connectivity index (χ0v) is 14.0. The van der Waals surface area contributed by atoms with Crippen molar-refractivity contribution in [1.29, 1.82) is 5.26 Å². The van der Waals surface area contributed by atoms with Crippen LogP contribution in [0.2, 0.25) is 0 Å². The monoisotopic (exact) mass is 373 g/mol. The molecule has 5 nitrogen and oxygen atoms in total. The highest BCUT2D eigenvalue weighted by molar-refractivity contribution is 6.03. The van der Waals surface area contributed by atoms with Crippen molar-refractivity contribution in [1.82, 2.24) is 0 Å². The number of alkyl halides is 3. The van der Waals surface area contributed by atoms with Crippen LogP contribution in [0.4, 0.5) is 24.5 Å². The average Bonchev–Trinajstić information content (AvgIpc) is 3.04. The summed E-state index contributed by atoms with van der Waals surface area (Å²) in [7, 11) is 0. The summed E-state index contributed by atoms with van der Waals surface area (Å²) in [5.41, 5.74) is 0.186. The number of hydrogen-bond acceptors (Lipinski definition) is 3. The SMILES string of the molecule is N#Cc1ccc(NC(=O)C2CC(=O)N(c3cccc(C(F)(F)F)c3)C2)cc1. The van der Waals surface area contributed by atoms with Gasteiger partial charge in [-0.25, -0.2) is 0 Å². The number of nitriles is 1. The number of halogens is 3. The molecule has 1 aliphatic rings. The van der Waals surface area contributed by atoms with Crippen molar-refractivity contribution in [2.45, 2.75) is 12.6 Å². The van der Waals surface area contributed by atoms with Crippen LogP contribution >= 0.6 is 0 Å². The maximum Gasteiger partial charge on any atom is 0.416 e. The second kappa shape index (κ2) is 7.11. The van der Waals surface area contributed by atoms with Crippen LogP contribution in [0.3, 0.4) is 0 Å². The van der Waals surface area contributed by atoms with E-state index in [2.05, 4.69) is 5.32 Å². The van der Waals surface area contributed by atoms with Crippen molar-refractivity contribution in [2.75, 3.05) is 16.8 Å². The molecule has 138 valence electrons. The Labute approximate surface area is 153 Å². The van der Waals surface area contributed by atoms with Crippen LogP contribution in [-0.4, -0.2) is 18.4 Å². The van der Waals surface area contributed by atoms with E-state index in [4.69, 9.17) is 5.26 Å². The Morgan fingerprint density at radius 2 is 1.89 bits per heavy atom. The highest BCUT2D eigenvalue weighted by Gasteiger charge is 2.36. The van der Waals surface area contributed by atoms with Gasteiger partial charge in [0.05, 0.1) is 23.1 Å². The van der Waals surface area contributed by atoms with Gasteiger partial charge in [0.25, 0.3) is 0 Å². The van der Waals surface area contributed by atoms with E-state index in [9.17, 15) is 22.8 Å². The van der Waals surface area contributed by atoms with Crippen molar-refractivity contribution in [2.24, 2.45) is 5.92 Å². The molecule has 0 radical (unpaired) electrons. The predicted molar refractivity (Wildman–Crippen MR) is 91.7 cm³/mol. The van der Waals surface area contributed by atoms with Gasteiger partial charge in [-0.15, -0.1) is 0 Å². The summed E-state index contributed by atoms with van der Waals surface area (Å²) in [6.45, 7) is 0.00224. The molecule has 1 aliphatic heterocycles. The van der Waals surface area contributed by atoms with E-state index in [1.54, 1.807) is 24.3 Å². The normalized spacial score (nSPS) is 16.9. The Hall–Kier alpha value is -3.34. The maximum absolute atomic E-state index is 12.9. The zero-order chi connectivity index (χ0) is 19.6. The molecule has 0 saturated carbocycles. The summed E-state index contributed by atoms with van der Waals surface area (Å²) >= 11 is 0. The van der Waals surface area contributed by atoms with E-state index in [1.165, 1.54) is 17.0 Å². The number of anilines is 2. The van der Waals surface area contributed by atoms with Gasteiger partial charge in [0.15, 0.2) is 0 Å². The lowest BCUT2D eigenvalue weighted by Gasteiger charge is -2.18. The first-order chi connectivity index (χ1) is 12.8. The lowest BCUT2D eigenvalue weighted by Crippen LogP contribution is -2.28. The van der Waals surface area contributed by atoms with E-state index in [0.29, 0.717) is 11.3 Å². The summed E-state index contributed by atoms with van der Waals surface area (Å²) in [6.07, 6.45) is -4.59. The fourth-order valence-electron chi connectivity index (χ4n) is 2.86. The molecular weight excluding hydrogens is 359 g/mol. The Morgan fingerprint density at radius 3 is 2.52 bits per heavy atom. The first-order valence-corrected chi connectivity index (χ1v) is 8.06. The van der Waals surface area contributed by atoms with Crippen LogP contribution in [0.1, 0.15) is 17.5 Å². The first kappa shape index (κ1) is 18.5. The minimum absolute atomic E-state index is 0.00224. The lowest BCUT2D eigenvalue weighted by atomic mass is 10.1. The number of carbonyl (C=O) groups excluding carboxylic acids is 2. The second-order valence-electron chi connectivity index (χ2n) is 6.13. The third-order valence-corrected chi connectivity index (χ3v) is 4.26. The van der Waals surface area contributed by atoms with Gasteiger partial charge in [-0.1, -0.05) is 6.07 Å². The summed E-state index contributed by atoms with van der Waals surface area (Å²) in [4.78, 5) is 25.8. The number of carbonyl (C=O) groups is 2. The molecule has 0 bridgehead atoms. The third-order valence-electron chi connectivity index (χ3n) is 4.26. The van der Waals surface area contributed by atoms with Gasteiger partial charge in [-0.2, -0.15) is 18.4 Å². The molecule has 0 aliphatic carbocycles. The Balaban J connectivity index is 1.71. The molecule has 1 saturated heterocycles. The van der Waals surface area contributed by atoms with E-state index < -0.39 is 29.5 Å². The Morgan fingerprint density at radius 1 is 1.19 bits per heavy atom. The van der Waals surface area contributed by atoms with Gasteiger partial charge in [0.2, 0.25) is 11.8 Å². The molecule has 1 atom stereocenters. The smallest absolute Gasteiger partial charge is 0.326 e. The summed E-state index contributed by atoms with van der Waals surface area (Å²) in [6, 6.07) is 12.7. The molecule has 1 fully saturated rings. The highest BCUT2D eigenvalue weighted by atomic mass is 19.4. The molecule has 2 aromatic carbocycles. The van der Waals surface area contributed by atoms with E-state index in [0.717, 1.165) is 12.1 Å². The van der Waals surface area contributed by atoms with Crippen molar-refractivity contribution < 1.29 is 22.8 Å². The quantitative estimate of drug-likeness (QED) is 0.894. The van der Waals surface area contributed by atoms with Crippen LogP contribution in [0.15, 0.2) is 48.5 Å². The number of nitrogens with zero attached hydrogens (tertiary/aromatic N) is 2. The average molecular weight is 373 g/mol. The van der Waals surface area contributed by atoms with Crippen LogP contribution < -0.4 is 10.2 Å². The predicted octanol–water partition coefficient (Wildman–Crippen LogP) is 3.57. The van der Waals surface area contributed by atoms with Crippen LogP contribution in [0, 0.1) is 17.2 Å². The Kier molecular flexibility index (Phi) is 4.86. The molecular formula is C19H14F3N3O2. The van der Waals surface area contributed by atoms with E-state index in [1.807, 2.05) is 6.07 Å². The molecule has 0 spiro atoms. The van der Waals surface area contributed by atoms with Crippen molar-refractivity contribution >= 4 is 23.2 Å². The van der Waals surface area contributed by atoms with Crippen molar-refractivity contribution in [3.05, 3.63) is 59.7 Å². The minimum Gasteiger partial charge on any atom is -0.326 e. The molecule has 1 unspecified atom stereocenters. The summed E-state index contributed by atoms with van der Waals surface area (Å²) < 4.78 is 38.6. The van der Waals surface area contributed by atoms with Crippen LogP contribution in [0.25, 0.3) is 0 Å². The van der Waals surface area contributed by atoms with Crippen LogP contribution in [0.5, 0.6) is 0 Å². The van der Waals surface area contributed by atoms with E-state index in [-0.39, 0.29) is 18.7 Å². The number of amides is 2. The van der Waals surface area contributed by atoms with Crippen LogP contribution in [-0.2, 0) is 15.8 Å². The number of nitrogens with one attached hydrogen (secondary N) is 1. The summed E-state index contributed by atoms with van der Waals surface area (Å²) in [5.74, 6) is -1.49. The molecule has 3 rings (SSSR count). The van der Waals surface area contributed by atoms with Gasteiger partial charge in [0, 0.05) is 24.3 Å². The van der Waals surface area contributed by atoms with Gasteiger partial charge in [-0.05, 0) is 42.5 Å². The molecule has 8 heteroatoms. The molecule has 1 heterocycles. The standard InChI is InChI=1S/C19H14F3N3O2/c20-19(21,22)14-2-1-3-16(9-14)25-11-13(8-17(25)26)18(27)24-15-6-4-12(10-23)5-7-15/h1-7,9,13H,8,11H2,(H,24,27). The molecule has 0 aromatic heterocycles.